The Morgan fingerprint density at radius 1 is 1.56 bits per heavy atom. The van der Waals surface area contributed by atoms with Crippen molar-refractivity contribution < 1.29 is 0 Å². The molecule has 0 spiro atoms. The first-order valence-corrected chi connectivity index (χ1v) is 3.74. The van der Waals surface area contributed by atoms with E-state index in [1.54, 1.807) is 0 Å². The average molecular weight is 120 g/mol. The van der Waals surface area contributed by atoms with Crippen molar-refractivity contribution in [1.29, 1.82) is 0 Å². The molecule has 1 fully saturated rings. The number of hydrogen-bond acceptors (Lipinski definition) is 0. The SMILES string of the molecule is C=CC1=C[C@H]2CCC1C2. The topological polar surface area (TPSA) is 0 Å². The normalized spacial score (nSPS) is 38.9. The van der Waals surface area contributed by atoms with Crippen LogP contribution in [0.3, 0.4) is 0 Å². The fourth-order valence-corrected chi connectivity index (χ4v) is 2.11. The summed E-state index contributed by atoms with van der Waals surface area (Å²) in [6.07, 6.45) is 8.71. The van der Waals surface area contributed by atoms with Crippen molar-refractivity contribution in [1.82, 2.24) is 0 Å². The Morgan fingerprint density at radius 2 is 2.44 bits per heavy atom. The molecule has 0 aromatic rings. The van der Waals surface area contributed by atoms with E-state index in [-0.39, 0.29) is 0 Å². The van der Waals surface area contributed by atoms with Gasteiger partial charge in [0.15, 0.2) is 0 Å². The minimum Gasteiger partial charge on any atom is -0.0988 e. The fourth-order valence-electron chi connectivity index (χ4n) is 2.11. The van der Waals surface area contributed by atoms with E-state index in [4.69, 9.17) is 0 Å². The molecule has 1 unspecified atom stereocenters. The molecule has 2 bridgehead atoms. The summed E-state index contributed by atoms with van der Waals surface area (Å²) < 4.78 is 0. The molecule has 0 heterocycles. The Kier molecular flexibility index (Phi) is 1.01. The van der Waals surface area contributed by atoms with Crippen LogP contribution in [0.1, 0.15) is 19.3 Å². The summed E-state index contributed by atoms with van der Waals surface area (Å²) in [4.78, 5) is 0. The third kappa shape index (κ3) is 0.658. The van der Waals surface area contributed by atoms with Gasteiger partial charge in [-0.1, -0.05) is 18.7 Å². The average Bonchev–Trinajstić information content (AvgIpc) is 2.45. The van der Waals surface area contributed by atoms with Crippen molar-refractivity contribution in [3.8, 4) is 0 Å². The molecular weight excluding hydrogens is 108 g/mol. The lowest BCUT2D eigenvalue weighted by Gasteiger charge is -2.06. The Bertz CT molecular complexity index is 165. The second kappa shape index (κ2) is 1.73. The summed E-state index contributed by atoms with van der Waals surface area (Å²) in [5.74, 6) is 1.82. The zero-order valence-electron chi connectivity index (χ0n) is 5.64. The molecular formula is C9H12. The lowest BCUT2D eigenvalue weighted by Crippen LogP contribution is -1.92. The standard InChI is InChI=1S/C9H12/c1-2-8-5-7-3-4-9(8)6-7/h2,5,7,9H,1,3-4,6H2/t7-,9?/m1/s1. The molecule has 0 aromatic carbocycles. The van der Waals surface area contributed by atoms with Crippen molar-refractivity contribution >= 4 is 0 Å². The highest BCUT2D eigenvalue weighted by Gasteiger charge is 2.30. The van der Waals surface area contributed by atoms with E-state index in [1.165, 1.54) is 24.8 Å². The monoisotopic (exact) mass is 120 g/mol. The Labute approximate surface area is 56.3 Å². The highest BCUT2D eigenvalue weighted by Crippen LogP contribution is 2.43. The van der Waals surface area contributed by atoms with Gasteiger partial charge in [0, 0.05) is 0 Å². The number of hydrogen-bond donors (Lipinski definition) is 0. The van der Waals surface area contributed by atoms with Crippen molar-refractivity contribution in [2.75, 3.05) is 0 Å². The molecule has 0 aliphatic heterocycles. The maximum atomic E-state index is 3.79. The number of rotatable bonds is 1. The molecule has 0 nitrogen and oxygen atoms in total. The van der Waals surface area contributed by atoms with Crippen LogP contribution in [-0.2, 0) is 0 Å². The van der Waals surface area contributed by atoms with Crippen LogP contribution in [-0.4, -0.2) is 0 Å². The van der Waals surface area contributed by atoms with E-state index in [1.807, 2.05) is 6.08 Å². The van der Waals surface area contributed by atoms with E-state index in [2.05, 4.69) is 12.7 Å². The van der Waals surface area contributed by atoms with Gasteiger partial charge >= 0.3 is 0 Å². The summed E-state index contributed by atoms with van der Waals surface area (Å²) in [7, 11) is 0. The third-order valence-electron chi connectivity index (χ3n) is 2.61. The van der Waals surface area contributed by atoms with E-state index >= 15 is 0 Å². The highest BCUT2D eigenvalue weighted by atomic mass is 14.4. The molecule has 0 N–H and O–H groups in total. The molecule has 0 aromatic heterocycles. The molecule has 2 aliphatic carbocycles. The van der Waals surface area contributed by atoms with Crippen molar-refractivity contribution in [2.24, 2.45) is 11.8 Å². The molecule has 0 saturated heterocycles. The quantitative estimate of drug-likeness (QED) is 0.499. The van der Waals surface area contributed by atoms with Gasteiger partial charge < -0.3 is 0 Å². The minimum absolute atomic E-state index is 0.896. The van der Waals surface area contributed by atoms with E-state index in [0.717, 1.165) is 11.8 Å². The van der Waals surface area contributed by atoms with Crippen LogP contribution in [0.15, 0.2) is 24.3 Å². The second-order valence-corrected chi connectivity index (χ2v) is 3.14. The van der Waals surface area contributed by atoms with Crippen LogP contribution >= 0.6 is 0 Å². The van der Waals surface area contributed by atoms with Crippen molar-refractivity contribution in [3.63, 3.8) is 0 Å². The van der Waals surface area contributed by atoms with E-state index in [0.29, 0.717) is 0 Å². The largest absolute Gasteiger partial charge is 0.0988 e. The van der Waals surface area contributed by atoms with Crippen LogP contribution in [0.5, 0.6) is 0 Å². The van der Waals surface area contributed by atoms with Crippen molar-refractivity contribution in [2.45, 2.75) is 19.3 Å². The van der Waals surface area contributed by atoms with Gasteiger partial charge in [-0.25, -0.2) is 0 Å². The predicted molar refractivity (Wildman–Crippen MR) is 39.1 cm³/mol. The maximum absolute atomic E-state index is 3.79. The summed E-state index contributed by atoms with van der Waals surface area (Å²) >= 11 is 0. The zero-order chi connectivity index (χ0) is 6.27. The van der Waals surface area contributed by atoms with Gasteiger partial charge in [0.2, 0.25) is 0 Å². The molecule has 0 heteroatoms. The fraction of sp³-hybridized carbons (Fsp3) is 0.556. The van der Waals surface area contributed by atoms with Gasteiger partial charge in [-0.3, -0.25) is 0 Å². The Balaban J connectivity index is 2.26. The molecule has 2 atom stereocenters. The van der Waals surface area contributed by atoms with E-state index < -0.39 is 0 Å². The smallest absolute Gasteiger partial charge is 0.0159 e. The van der Waals surface area contributed by atoms with Crippen LogP contribution in [0, 0.1) is 11.8 Å². The van der Waals surface area contributed by atoms with Gasteiger partial charge in [0.05, 0.1) is 0 Å². The number of fused-ring (bicyclic) bond motifs is 2. The summed E-state index contributed by atoms with van der Waals surface area (Å²) in [6, 6.07) is 0. The van der Waals surface area contributed by atoms with Gasteiger partial charge in [0.25, 0.3) is 0 Å². The summed E-state index contributed by atoms with van der Waals surface area (Å²) in [5, 5.41) is 0. The van der Waals surface area contributed by atoms with Gasteiger partial charge in [-0.2, -0.15) is 0 Å². The second-order valence-electron chi connectivity index (χ2n) is 3.14. The third-order valence-corrected chi connectivity index (χ3v) is 2.61. The minimum atomic E-state index is 0.896. The zero-order valence-corrected chi connectivity index (χ0v) is 5.64. The van der Waals surface area contributed by atoms with E-state index in [9.17, 15) is 0 Å². The molecule has 1 saturated carbocycles. The molecule has 48 valence electrons. The first-order chi connectivity index (χ1) is 4.40. The van der Waals surface area contributed by atoms with Gasteiger partial charge in [-0.05, 0) is 36.7 Å². The summed E-state index contributed by atoms with van der Waals surface area (Å²) in [5.41, 5.74) is 1.52. The Hall–Kier alpha value is -0.520. The molecule has 0 radical (unpaired) electrons. The molecule has 2 rings (SSSR count). The lowest BCUT2D eigenvalue weighted by atomic mass is 9.99. The van der Waals surface area contributed by atoms with Crippen LogP contribution in [0.25, 0.3) is 0 Å². The summed E-state index contributed by atoms with van der Waals surface area (Å²) in [6.45, 7) is 3.79. The molecule has 9 heavy (non-hydrogen) atoms. The first kappa shape index (κ1) is 5.28. The van der Waals surface area contributed by atoms with Gasteiger partial charge in [0.1, 0.15) is 0 Å². The van der Waals surface area contributed by atoms with Crippen LogP contribution in [0.2, 0.25) is 0 Å². The van der Waals surface area contributed by atoms with Crippen molar-refractivity contribution in [3.05, 3.63) is 24.3 Å². The predicted octanol–water partition coefficient (Wildman–Crippen LogP) is 2.53. The highest BCUT2D eigenvalue weighted by molar-refractivity contribution is 5.28. The molecule has 0 amide bonds. The molecule has 2 aliphatic rings. The van der Waals surface area contributed by atoms with Gasteiger partial charge in [-0.15, -0.1) is 0 Å². The van der Waals surface area contributed by atoms with Crippen LogP contribution < -0.4 is 0 Å². The maximum Gasteiger partial charge on any atom is -0.0159 e. The Morgan fingerprint density at radius 3 is 2.78 bits per heavy atom. The van der Waals surface area contributed by atoms with Crippen LogP contribution in [0.4, 0.5) is 0 Å². The number of allylic oxidation sites excluding steroid dienone is 3. The lowest BCUT2D eigenvalue weighted by molar-refractivity contribution is 0.672. The first-order valence-electron chi connectivity index (χ1n) is 3.74.